The molecule has 0 radical (unpaired) electrons. The second kappa shape index (κ2) is 4.93. The molecule has 1 aromatic carbocycles. The minimum atomic E-state index is -0.181. The van der Waals surface area contributed by atoms with Crippen molar-refractivity contribution in [3.8, 4) is 0 Å². The van der Waals surface area contributed by atoms with Gasteiger partial charge in [-0.25, -0.2) is 4.39 Å². The van der Waals surface area contributed by atoms with E-state index in [9.17, 15) is 4.39 Å². The molecule has 0 amide bonds. The molecular formula is C13H18FNO. The van der Waals surface area contributed by atoms with Crippen LogP contribution < -0.4 is 5.32 Å². The van der Waals surface area contributed by atoms with Crippen LogP contribution in [0.4, 0.5) is 4.39 Å². The molecule has 0 spiro atoms. The van der Waals surface area contributed by atoms with Crippen LogP contribution in [0.25, 0.3) is 0 Å². The summed E-state index contributed by atoms with van der Waals surface area (Å²) in [7, 11) is 1.94. The van der Waals surface area contributed by atoms with Crippen LogP contribution >= 0.6 is 0 Å². The Morgan fingerprint density at radius 2 is 2.31 bits per heavy atom. The number of benzene rings is 1. The summed E-state index contributed by atoms with van der Waals surface area (Å²) in [4.78, 5) is 0. The molecule has 1 aliphatic rings. The fraction of sp³-hybridized carbons (Fsp3) is 0.538. The number of aryl methyl sites for hydroxylation is 1. The van der Waals surface area contributed by atoms with Crippen LogP contribution in [0.5, 0.6) is 0 Å². The Kier molecular flexibility index (Phi) is 3.56. The number of rotatable bonds is 3. The average molecular weight is 223 g/mol. The van der Waals surface area contributed by atoms with Crippen molar-refractivity contribution in [2.75, 3.05) is 20.2 Å². The molecule has 16 heavy (non-hydrogen) atoms. The van der Waals surface area contributed by atoms with Crippen LogP contribution in [0.15, 0.2) is 18.2 Å². The number of hydrogen-bond donors (Lipinski definition) is 1. The smallest absolute Gasteiger partial charge is 0.123 e. The fourth-order valence-corrected chi connectivity index (χ4v) is 2.37. The minimum Gasteiger partial charge on any atom is -0.373 e. The van der Waals surface area contributed by atoms with E-state index in [1.165, 1.54) is 6.07 Å². The highest BCUT2D eigenvalue weighted by Crippen LogP contribution is 2.35. The lowest BCUT2D eigenvalue weighted by atomic mass is 9.92. The lowest BCUT2D eigenvalue weighted by Gasteiger charge is -2.20. The second-order valence-corrected chi connectivity index (χ2v) is 4.40. The molecule has 1 fully saturated rings. The Hall–Kier alpha value is -0.930. The molecular weight excluding hydrogens is 205 g/mol. The van der Waals surface area contributed by atoms with E-state index in [4.69, 9.17) is 4.74 Å². The summed E-state index contributed by atoms with van der Waals surface area (Å²) in [5.74, 6) is 0.268. The first-order valence-electron chi connectivity index (χ1n) is 5.74. The van der Waals surface area contributed by atoms with E-state index in [0.717, 1.165) is 30.7 Å². The first-order chi connectivity index (χ1) is 7.72. The summed E-state index contributed by atoms with van der Waals surface area (Å²) < 4.78 is 19.0. The Labute approximate surface area is 95.8 Å². The normalized spacial score (nSPS) is 24.9. The SMILES string of the molecule is CNCC1CCOC1c1cc(F)ccc1C. The van der Waals surface area contributed by atoms with Gasteiger partial charge in [-0.15, -0.1) is 0 Å². The maximum atomic E-state index is 13.2. The molecule has 1 aliphatic heterocycles. The molecule has 2 nitrogen and oxygen atoms in total. The molecule has 0 aromatic heterocycles. The molecule has 1 saturated heterocycles. The summed E-state index contributed by atoms with van der Waals surface area (Å²) >= 11 is 0. The maximum absolute atomic E-state index is 13.2. The highest BCUT2D eigenvalue weighted by atomic mass is 19.1. The van der Waals surface area contributed by atoms with Crippen molar-refractivity contribution in [1.29, 1.82) is 0 Å². The van der Waals surface area contributed by atoms with E-state index < -0.39 is 0 Å². The summed E-state index contributed by atoms with van der Waals surface area (Å²) in [6.45, 7) is 3.69. The summed E-state index contributed by atoms with van der Waals surface area (Å²) in [6.07, 6.45) is 1.09. The zero-order chi connectivity index (χ0) is 11.5. The van der Waals surface area contributed by atoms with Gasteiger partial charge in [0.15, 0.2) is 0 Å². The molecule has 2 rings (SSSR count). The Morgan fingerprint density at radius 3 is 3.06 bits per heavy atom. The molecule has 0 aliphatic carbocycles. The van der Waals surface area contributed by atoms with Gasteiger partial charge in [-0.05, 0) is 43.7 Å². The lowest BCUT2D eigenvalue weighted by Crippen LogP contribution is -2.22. The van der Waals surface area contributed by atoms with Crippen molar-refractivity contribution in [2.45, 2.75) is 19.4 Å². The zero-order valence-electron chi connectivity index (χ0n) is 9.79. The summed E-state index contributed by atoms with van der Waals surface area (Å²) in [6, 6.07) is 4.93. The first-order valence-corrected chi connectivity index (χ1v) is 5.74. The summed E-state index contributed by atoms with van der Waals surface area (Å²) in [5, 5.41) is 3.17. The van der Waals surface area contributed by atoms with Gasteiger partial charge >= 0.3 is 0 Å². The standard InChI is InChI=1S/C13H18FNO/c1-9-3-4-11(14)7-12(9)13-10(8-15-2)5-6-16-13/h3-4,7,10,13,15H,5-6,8H2,1-2H3. The van der Waals surface area contributed by atoms with Gasteiger partial charge in [-0.2, -0.15) is 0 Å². The second-order valence-electron chi connectivity index (χ2n) is 4.40. The van der Waals surface area contributed by atoms with Crippen molar-refractivity contribution in [3.05, 3.63) is 35.1 Å². The van der Waals surface area contributed by atoms with Crippen molar-refractivity contribution in [1.82, 2.24) is 5.32 Å². The third-order valence-electron chi connectivity index (χ3n) is 3.23. The van der Waals surface area contributed by atoms with Crippen molar-refractivity contribution < 1.29 is 9.13 Å². The van der Waals surface area contributed by atoms with E-state index in [1.54, 1.807) is 6.07 Å². The fourth-order valence-electron chi connectivity index (χ4n) is 2.37. The number of halogens is 1. The predicted octanol–water partition coefficient (Wildman–Crippen LogP) is 2.43. The largest absolute Gasteiger partial charge is 0.373 e. The molecule has 1 N–H and O–H groups in total. The number of hydrogen-bond acceptors (Lipinski definition) is 2. The quantitative estimate of drug-likeness (QED) is 0.849. The van der Waals surface area contributed by atoms with E-state index in [-0.39, 0.29) is 11.9 Å². The average Bonchev–Trinajstić information content (AvgIpc) is 2.70. The Morgan fingerprint density at radius 1 is 1.50 bits per heavy atom. The topological polar surface area (TPSA) is 21.3 Å². The highest BCUT2D eigenvalue weighted by molar-refractivity contribution is 5.29. The lowest BCUT2D eigenvalue weighted by molar-refractivity contribution is 0.0902. The number of ether oxygens (including phenoxy) is 1. The molecule has 2 atom stereocenters. The van der Waals surface area contributed by atoms with Gasteiger partial charge in [0.2, 0.25) is 0 Å². The van der Waals surface area contributed by atoms with Crippen molar-refractivity contribution in [2.24, 2.45) is 5.92 Å². The van der Waals surface area contributed by atoms with Crippen LogP contribution in [0, 0.1) is 18.7 Å². The Balaban J connectivity index is 2.25. The molecule has 88 valence electrons. The monoisotopic (exact) mass is 223 g/mol. The Bertz CT molecular complexity index is 367. The van der Waals surface area contributed by atoms with Gasteiger partial charge in [0.05, 0.1) is 6.10 Å². The van der Waals surface area contributed by atoms with Crippen LogP contribution in [0.1, 0.15) is 23.7 Å². The molecule has 1 aromatic rings. The summed E-state index contributed by atoms with van der Waals surface area (Å²) in [5.41, 5.74) is 2.10. The first kappa shape index (κ1) is 11.6. The molecule has 1 heterocycles. The van der Waals surface area contributed by atoms with E-state index in [1.807, 2.05) is 20.0 Å². The third-order valence-corrected chi connectivity index (χ3v) is 3.23. The van der Waals surface area contributed by atoms with Gasteiger partial charge in [0.1, 0.15) is 5.82 Å². The van der Waals surface area contributed by atoms with Crippen LogP contribution in [-0.2, 0) is 4.74 Å². The van der Waals surface area contributed by atoms with Crippen LogP contribution in [-0.4, -0.2) is 20.2 Å². The highest BCUT2D eigenvalue weighted by Gasteiger charge is 2.30. The van der Waals surface area contributed by atoms with Gasteiger partial charge in [0.25, 0.3) is 0 Å². The molecule has 3 heteroatoms. The van der Waals surface area contributed by atoms with Crippen molar-refractivity contribution >= 4 is 0 Å². The van der Waals surface area contributed by atoms with Gasteiger partial charge < -0.3 is 10.1 Å². The van der Waals surface area contributed by atoms with Crippen LogP contribution in [0.2, 0.25) is 0 Å². The predicted molar refractivity (Wildman–Crippen MR) is 61.9 cm³/mol. The minimum absolute atomic E-state index is 0.0446. The molecule has 0 saturated carbocycles. The van der Waals surface area contributed by atoms with Gasteiger partial charge in [0, 0.05) is 19.1 Å². The van der Waals surface area contributed by atoms with E-state index in [0.29, 0.717) is 5.92 Å². The van der Waals surface area contributed by atoms with Crippen molar-refractivity contribution in [3.63, 3.8) is 0 Å². The van der Waals surface area contributed by atoms with Gasteiger partial charge in [-0.1, -0.05) is 6.07 Å². The van der Waals surface area contributed by atoms with Gasteiger partial charge in [-0.3, -0.25) is 0 Å². The van der Waals surface area contributed by atoms with E-state index in [2.05, 4.69) is 5.32 Å². The molecule has 0 bridgehead atoms. The maximum Gasteiger partial charge on any atom is 0.123 e. The molecule has 2 unspecified atom stereocenters. The third kappa shape index (κ3) is 2.25. The van der Waals surface area contributed by atoms with Crippen LogP contribution in [0.3, 0.4) is 0 Å². The zero-order valence-corrected chi connectivity index (χ0v) is 9.79. The number of nitrogens with one attached hydrogen (secondary N) is 1. The van der Waals surface area contributed by atoms with E-state index >= 15 is 0 Å².